The minimum absolute atomic E-state index is 0.199. The van der Waals surface area contributed by atoms with Gasteiger partial charge in [-0.15, -0.1) is 0 Å². The van der Waals surface area contributed by atoms with Gasteiger partial charge in [-0.2, -0.15) is 0 Å². The van der Waals surface area contributed by atoms with Gasteiger partial charge in [-0.1, -0.05) is 55.1 Å². The molecule has 4 nitrogen and oxygen atoms in total. The zero-order chi connectivity index (χ0) is 22.6. The van der Waals surface area contributed by atoms with Crippen LogP contribution in [0.15, 0.2) is 84.9 Å². The van der Waals surface area contributed by atoms with E-state index in [2.05, 4.69) is 27.8 Å². The zero-order valence-corrected chi connectivity index (χ0v) is 18.7. The summed E-state index contributed by atoms with van der Waals surface area (Å²) in [6.07, 6.45) is 5.02. The van der Waals surface area contributed by atoms with Crippen molar-refractivity contribution in [3.8, 4) is 0 Å². The van der Waals surface area contributed by atoms with Crippen LogP contribution in [0.1, 0.15) is 18.1 Å². The van der Waals surface area contributed by atoms with Gasteiger partial charge in [-0.05, 0) is 60.7 Å². The SMILES string of the molecule is C=C(F)/C(=C\C=C/C)NC(=S)NCc1cccc(CNC(=S)Nc2ccccc2F)c1. The van der Waals surface area contributed by atoms with Gasteiger partial charge in [-0.25, -0.2) is 8.78 Å². The van der Waals surface area contributed by atoms with E-state index in [1.165, 1.54) is 6.07 Å². The van der Waals surface area contributed by atoms with Crippen LogP contribution in [-0.4, -0.2) is 10.2 Å². The highest BCUT2D eigenvalue weighted by Crippen LogP contribution is 2.12. The molecule has 0 spiro atoms. The summed E-state index contributed by atoms with van der Waals surface area (Å²) in [4.78, 5) is 0. The van der Waals surface area contributed by atoms with E-state index in [1.54, 1.807) is 36.4 Å². The topological polar surface area (TPSA) is 48.1 Å². The van der Waals surface area contributed by atoms with E-state index in [4.69, 9.17) is 24.4 Å². The van der Waals surface area contributed by atoms with Crippen LogP contribution in [0.4, 0.5) is 14.5 Å². The first-order chi connectivity index (χ1) is 14.9. The summed E-state index contributed by atoms with van der Waals surface area (Å²) < 4.78 is 27.2. The number of nitrogens with one attached hydrogen (secondary N) is 4. The summed E-state index contributed by atoms with van der Waals surface area (Å²) in [5.41, 5.74) is 2.48. The Bertz CT molecular complexity index is 1000. The van der Waals surface area contributed by atoms with E-state index in [-0.39, 0.29) is 16.6 Å². The van der Waals surface area contributed by atoms with Crippen LogP contribution in [0.3, 0.4) is 0 Å². The van der Waals surface area contributed by atoms with Gasteiger partial charge in [0, 0.05) is 13.1 Å². The van der Waals surface area contributed by atoms with Crippen LogP contribution in [0, 0.1) is 5.82 Å². The maximum Gasteiger partial charge on any atom is 0.171 e. The Kier molecular flexibility index (Phi) is 9.80. The zero-order valence-electron chi connectivity index (χ0n) is 17.0. The first-order valence-electron chi connectivity index (χ1n) is 9.49. The largest absolute Gasteiger partial charge is 0.358 e. The van der Waals surface area contributed by atoms with Crippen molar-refractivity contribution in [3.63, 3.8) is 0 Å². The van der Waals surface area contributed by atoms with Gasteiger partial charge in [0.05, 0.1) is 11.4 Å². The van der Waals surface area contributed by atoms with Crippen molar-refractivity contribution in [3.05, 3.63) is 102 Å². The Morgan fingerprint density at radius 1 is 1.00 bits per heavy atom. The Balaban J connectivity index is 1.86. The molecule has 0 saturated heterocycles. The fraction of sp³-hybridized carbons (Fsp3) is 0.130. The Morgan fingerprint density at radius 3 is 2.26 bits per heavy atom. The molecule has 2 rings (SSSR count). The number of hydrogen-bond donors (Lipinski definition) is 4. The third kappa shape index (κ3) is 8.65. The van der Waals surface area contributed by atoms with Crippen molar-refractivity contribution in [2.24, 2.45) is 0 Å². The Labute approximate surface area is 192 Å². The first kappa shape index (κ1) is 24.2. The van der Waals surface area contributed by atoms with Gasteiger partial charge in [0.1, 0.15) is 11.6 Å². The molecule has 0 aromatic heterocycles. The van der Waals surface area contributed by atoms with Crippen LogP contribution >= 0.6 is 24.4 Å². The summed E-state index contributed by atoms with van der Waals surface area (Å²) in [6.45, 7) is 6.04. The van der Waals surface area contributed by atoms with E-state index >= 15 is 0 Å². The lowest BCUT2D eigenvalue weighted by molar-refractivity contribution is 0.632. The Hall–Kier alpha value is -3.10. The summed E-state index contributed by atoms with van der Waals surface area (Å²) in [6, 6.07) is 14.1. The lowest BCUT2D eigenvalue weighted by atomic mass is 10.1. The number of benzene rings is 2. The van der Waals surface area contributed by atoms with Crippen molar-refractivity contribution < 1.29 is 8.78 Å². The molecule has 0 bridgehead atoms. The second-order valence-electron chi connectivity index (χ2n) is 6.43. The molecule has 0 fully saturated rings. The van der Waals surface area contributed by atoms with Crippen molar-refractivity contribution >= 4 is 40.3 Å². The summed E-state index contributed by atoms with van der Waals surface area (Å²) in [7, 11) is 0. The number of allylic oxidation sites excluding steroid dienone is 4. The predicted octanol–water partition coefficient (Wildman–Crippen LogP) is 5.22. The minimum Gasteiger partial charge on any atom is -0.358 e. The fourth-order valence-corrected chi connectivity index (χ4v) is 2.87. The molecule has 162 valence electrons. The average Bonchev–Trinajstić information content (AvgIpc) is 2.75. The molecule has 0 heterocycles. The first-order valence-corrected chi connectivity index (χ1v) is 10.3. The van der Waals surface area contributed by atoms with Gasteiger partial charge < -0.3 is 21.3 Å². The van der Waals surface area contributed by atoms with E-state index in [9.17, 15) is 8.78 Å². The Morgan fingerprint density at radius 2 is 1.65 bits per heavy atom. The second kappa shape index (κ2) is 12.6. The lowest BCUT2D eigenvalue weighted by Gasteiger charge is -2.13. The number of hydrogen-bond acceptors (Lipinski definition) is 2. The number of para-hydroxylation sites is 1. The maximum absolute atomic E-state index is 13.7. The minimum atomic E-state index is -0.602. The standard InChI is InChI=1S/C23H24F2N4S2/c1-3-4-11-20(16(2)24)28-22(30)26-14-17-8-7-9-18(13-17)15-27-23(31)29-21-12-6-5-10-19(21)25/h3-13H,2,14-15H2,1H3,(H2,26,28,30)(H2,27,29,31)/b4-3-,20-11+. The molecule has 0 radical (unpaired) electrons. The molecule has 0 amide bonds. The quantitative estimate of drug-likeness (QED) is 0.321. The van der Waals surface area contributed by atoms with E-state index in [0.29, 0.717) is 23.9 Å². The molecule has 0 unspecified atom stereocenters. The molecule has 8 heteroatoms. The number of thiocarbonyl (C=S) groups is 2. The number of anilines is 1. The van der Waals surface area contributed by atoms with Gasteiger partial charge in [0.25, 0.3) is 0 Å². The van der Waals surface area contributed by atoms with E-state index in [1.807, 2.05) is 31.2 Å². The van der Waals surface area contributed by atoms with Gasteiger partial charge in [0.2, 0.25) is 0 Å². The highest BCUT2D eigenvalue weighted by atomic mass is 32.1. The molecule has 2 aromatic rings. The van der Waals surface area contributed by atoms with Crippen LogP contribution in [0.5, 0.6) is 0 Å². The average molecular weight is 459 g/mol. The molecule has 0 aliphatic carbocycles. The number of halogens is 2. The maximum atomic E-state index is 13.7. The highest BCUT2D eigenvalue weighted by molar-refractivity contribution is 7.80. The van der Waals surface area contributed by atoms with Crippen LogP contribution in [0.2, 0.25) is 0 Å². The smallest absolute Gasteiger partial charge is 0.171 e. The summed E-state index contributed by atoms with van der Waals surface area (Å²) in [5, 5.41) is 12.3. The molecule has 0 saturated carbocycles. The van der Waals surface area contributed by atoms with Crippen molar-refractivity contribution in [1.29, 1.82) is 0 Å². The summed E-state index contributed by atoms with van der Waals surface area (Å²) in [5.74, 6) is -0.973. The van der Waals surface area contributed by atoms with Crippen molar-refractivity contribution in [2.45, 2.75) is 20.0 Å². The van der Waals surface area contributed by atoms with Crippen LogP contribution in [-0.2, 0) is 13.1 Å². The van der Waals surface area contributed by atoms with Crippen molar-refractivity contribution in [1.82, 2.24) is 16.0 Å². The van der Waals surface area contributed by atoms with Crippen molar-refractivity contribution in [2.75, 3.05) is 5.32 Å². The van der Waals surface area contributed by atoms with Gasteiger partial charge >= 0.3 is 0 Å². The number of rotatable bonds is 8. The molecule has 4 N–H and O–H groups in total. The van der Waals surface area contributed by atoms with E-state index < -0.39 is 5.83 Å². The fourth-order valence-electron chi connectivity index (χ4n) is 2.50. The molecule has 31 heavy (non-hydrogen) atoms. The third-order valence-corrected chi connectivity index (χ3v) is 4.51. The normalized spacial score (nSPS) is 11.1. The second-order valence-corrected chi connectivity index (χ2v) is 7.24. The predicted molar refractivity (Wildman–Crippen MR) is 132 cm³/mol. The van der Waals surface area contributed by atoms with Gasteiger partial charge in [-0.3, -0.25) is 0 Å². The van der Waals surface area contributed by atoms with Gasteiger partial charge in [0.15, 0.2) is 10.2 Å². The third-order valence-electron chi connectivity index (χ3n) is 4.02. The highest BCUT2D eigenvalue weighted by Gasteiger charge is 2.05. The molecular formula is C23H24F2N4S2. The molecular weight excluding hydrogens is 434 g/mol. The van der Waals surface area contributed by atoms with E-state index in [0.717, 1.165) is 11.1 Å². The van der Waals surface area contributed by atoms with Crippen LogP contribution in [0.25, 0.3) is 0 Å². The molecule has 0 aliphatic rings. The summed E-state index contributed by atoms with van der Waals surface area (Å²) >= 11 is 10.5. The monoisotopic (exact) mass is 458 g/mol. The lowest BCUT2D eigenvalue weighted by Crippen LogP contribution is -2.34. The molecule has 0 atom stereocenters. The molecule has 0 aliphatic heterocycles. The molecule has 2 aromatic carbocycles. The van der Waals surface area contributed by atoms with Crippen LogP contribution < -0.4 is 21.3 Å².